The highest BCUT2D eigenvalue weighted by Gasteiger charge is 2.36. The van der Waals surface area contributed by atoms with Crippen molar-refractivity contribution < 1.29 is 4.79 Å². The lowest BCUT2D eigenvalue weighted by molar-refractivity contribution is -0.121. The molecule has 1 amide bonds. The van der Waals surface area contributed by atoms with Crippen LogP contribution in [0.1, 0.15) is 44.9 Å². The normalized spacial score (nSPS) is 23.0. The van der Waals surface area contributed by atoms with E-state index in [-0.39, 0.29) is 11.4 Å². The third-order valence-corrected chi connectivity index (χ3v) is 4.34. The van der Waals surface area contributed by atoms with Crippen molar-refractivity contribution in [1.82, 2.24) is 10.2 Å². The van der Waals surface area contributed by atoms with E-state index in [4.69, 9.17) is 5.73 Å². The summed E-state index contributed by atoms with van der Waals surface area (Å²) in [5.41, 5.74) is 6.09. The molecular formula is C13H25N3O. The zero-order valence-corrected chi connectivity index (χ0v) is 10.9. The largest absolute Gasteiger partial charge is 0.353 e. The maximum atomic E-state index is 11.6. The van der Waals surface area contributed by atoms with E-state index in [0.717, 1.165) is 19.4 Å². The number of rotatable bonds is 6. The molecule has 2 fully saturated rings. The molecule has 4 heteroatoms. The summed E-state index contributed by atoms with van der Waals surface area (Å²) in [6, 6.07) is 0.475. The first-order valence-electron chi connectivity index (χ1n) is 6.87. The number of nitrogens with one attached hydrogen (secondary N) is 1. The van der Waals surface area contributed by atoms with E-state index in [0.29, 0.717) is 19.0 Å². The van der Waals surface area contributed by atoms with Gasteiger partial charge < -0.3 is 11.1 Å². The molecule has 0 spiro atoms. The van der Waals surface area contributed by atoms with E-state index >= 15 is 0 Å². The van der Waals surface area contributed by atoms with Crippen LogP contribution in [0.25, 0.3) is 0 Å². The summed E-state index contributed by atoms with van der Waals surface area (Å²) >= 11 is 0. The Morgan fingerprint density at radius 3 is 2.59 bits per heavy atom. The molecule has 0 bridgehead atoms. The van der Waals surface area contributed by atoms with Crippen LogP contribution in [0.3, 0.4) is 0 Å². The van der Waals surface area contributed by atoms with Crippen molar-refractivity contribution in [2.24, 2.45) is 5.73 Å². The van der Waals surface area contributed by atoms with Gasteiger partial charge in [-0.15, -0.1) is 0 Å². The number of hydrogen-bond acceptors (Lipinski definition) is 3. The zero-order chi connectivity index (χ0) is 12.3. The molecule has 0 aliphatic heterocycles. The molecule has 0 aromatic heterocycles. The van der Waals surface area contributed by atoms with Crippen molar-refractivity contribution in [2.45, 2.75) is 56.5 Å². The smallest absolute Gasteiger partial charge is 0.221 e. The maximum absolute atomic E-state index is 11.6. The van der Waals surface area contributed by atoms with E-state index in [2.05, 4.69) is 17.3 Å². The van der Waals surface area contributed by atoms with Crippen LogP contribution >= 0.6 is 0 Å². The lowest BCUT2D eigenvalue weighted by Gasteiger charge is -2.37. The molecular weight excluding hydrogens is 214 g/mol. The molecule has 0 unspecified atom stereocenters. The summed E-state index contributed by atoms with van der Waals surface area (Å²) in [5, 5.41) is 3.03. The van der Waals surface area contributed by atoms with Gasteiger partial charge in [0, 0.05) is 31.1 Å². The minimum Gasteiger partial charge on any atom is -0.353 e. The molecule has 0 aromatic rings. The fraction of sp³-hybridized carbons (Fsp3) is 0.923. The molecule has 98 valence electrons. The van der Waals surface area contributed by atoms with Gasteiger partial charge in [-0.05, 0) is 32.7 Å². The van der Waals surface area contributed by atoms with Gasteiger partial charge in [0.1, 0.15) is 0 Å². The molecule has 2 aliphatic rings. The van der Waals surface area contributed by atoms with Gasteiger partial charge in [0.2, 0.25) is 5.91 Å². The van der Waals surface area contributed by atoms with Crippen molar-refractivity contribution >= 4 is 5.91 Å². The average molecular weight is 239 g/mol. The van der Waals surface area contributed by atoms with Gasteiger partial charge in [0.25, 0.3) is 0 Å². The molecule has 0 saturated heterocycles. The Morgan fingerprint density at radius 2 is 2.06 bits per heavy atom. The van der Waals surface area contributed by atoms with Crippen molar-refractivity contribution in [1.29, 1.82) is 0 Å². The number of hydrogen-bond donors (Lipinski definition) is 2. The van der Waals surface area contributed by atoms with Crippen LogP contribution in [-0.2, 0) is 4.79 Å². The Balaban J connectivity index is 1.74. The van der Waals surface area contributed by atoms with E-state index in [1.165, 1.54) is 25.7 Å². The summed E-state index contributed by atoms with van der Waals surface area (Å²) in [6.45, 7) is 1.55. The van der Waals surface area contributed by atoms with E-state index in [1.807, 2.05) is 0 Å². The standard InChI is InChI=1S/C13H25N3O/c1-16(13(10-14)7-2-3-8-13)9-6-12(17)15-11-4-5-11/h11H,2-10,14H2,1H3,(H,15,17). The van der Waals surface area contributed by atoms with Gasteiger partial charge in [-0.1, -0.05) is 12.8 Å². The van der Waals surface area contributed by atoms with E-state index < -0.39 is 0 Å². The molecule has 2 aliphatic carbocycles. The highest BCUT2D eigenvalue weighted by Crippen LogP contribution is 2.33. The predicted octanol–water partition coefficient (Wildman–Crippen LogP) is 0.858. The monoisotopic (exact) mass is 239 g/mol. The minimum absolute atomic E-state index is 0.167. The Bertz CT molecular complexity index is 270. The number of nitrogens with two attached hydrogens (primary N) is 1. The van der Waals surface area contributed by atoms with Gasteiger partial charge in [0.05, 0.1) is 0 Å². The number of likely N-dealkylation sites (N-methyl/N-ethyl adjacent to an activating group) is 1. The number of carbonyl (C=O) groups excluding carboxylic acids is 1. The Morgan fingerprint density at radius 1 is 1.41 bits per heavy atom. The molecule has 0 heterocycles. The van der Waals surface area contributed by atoms with Gasteiger partial charge in [-0.2, -0.15) is 0 Å². The molecule has 2 rings (SSSR count). The Hall–Kier alpha value is -0.610. The third kappa shape index (κ3) is 3.19. The second kappa shape index (κ2) is 5.36. The molecule has 0 atom stereocenters. The molecule has 0 aromatic carbocycles. The second-order valence-electron chi connectivity index (χ2n) is 5.65. The predicted molar refractivity (Wildman–Crippen MR) is 68.7 cm³/mol. The molecule has 2 saturated carbocycles. The van der Waals surface area contributed by atoms with Crippen LogP contribution in [0, 0.1) is 0 Å². The van der Waals surface area contributed by atoms with Crippen LogP contribution in [0.5, 0.6) is 0 Å². The van der Waals surface area contributed by atoms with Crippen molar-refractivity contribution in [2.75, 3.05) is 20.1 Å². The van der Waals surface area contributed by atoms with E-state index in [1.54, 1.807) is 0 Å². The van der Waals surface area contributed by atoms with Crippen LogP contribution < -0.4 is 11.1 Å². The fourth-order valence-corrected chi connectivity index (χ4v) is 2.81. The number of nitrogens with zero attached hydrogens (tertiary/aromatic N) is 1. The van der Waals surface area contributed by atoms with Crippen LogP contribution in [0.2, 0.25) is 0 Å². The number of amides is 1. The summed E-state index contributed by atoms with van der Waals surface area (Å²) in [6.07, 6.45) is 7.84. The highest BCUT2D eigenvalue weighted by atomic mass is 16.1. The fourth-order valence-electron chi connectivity index (χ4n) is 2.81. The summed E-state index contributed by atoms with van der Waals surface area (Å²) in [4.78, 5) is 13.9. The van der Waals surface area contributed by atoms with Crippen molar-refractivity contribution in [3.8, 4) is 0 Å². The first kappa shape index (κ1) is 12.8. The molecule has 4 nitrogen and oxygen atoms in total. The molecule has 17 heavy (non-hydrogen) atoms. The van der Waals surface area contributed by atoms with Crippen molar-refractivity contribution in [3.63, 3.8) is 0 Å². The van der Waals surface area contributed by atoms with Crippen LogP contribution in [0.15, 0.2) is 0 Å². The quantitative estimate of drug-likeness (QED) is 0.723. The van der Waals surface area contributed by atoms with Gasteiger partial charge >= 0.3 is 0 Å². The SMILES string of the molecule is CN(CCC(=O)NC1CC1)C1(CN)CCCC1. The Labute approximate surface area is 104 Å². The lowest BCUT2D eigenvalue weighted by atomic mass is 9.95. The highest BCUT2D eigenvalue weighted by molar-refractivity contribution is 5.76. The Kier molecular flexibility index (Phi) is 4.05. The summed E-state index contributed by atoms with van der Waals surface area (Å²) in [5.74, 6) is 0.199. The minimum atomic E-state index is 0.167. The summed E-state index contributed by atoms with van der Waals surface area (Å²) < 4.78 is 0. The number of carbonyl (C=O) groups is 1. The second-order valence-corrected chi connectivity index (χ2v) is 5.65. The lowest BCUT2D eigenvalue weighted by Crippen LogP contribution is -2.50. The first-order valence-corrected chi connectivity index (χ1v) is 6.87. The first-order chi connectivity index (χ1) is 8.16. The van der Waals surface area contributed by atoms with Gasteiger partial charge in [0.15, 0.2) is 0 Å². The van der Waals surface area contributed by atoms with Crippen molar-refractivity contribution in [3.05, 3.63) is 0 Å². The third-order valence-electron chi connectivity index (χ3n) is 4.34. The van der Waals surface area contributed by atoms with Gasteiger partial charge in [-0.3, -0.25) is 9.69 Å². The molecule has 3 N–H and O–H groups in total. The van der Waals surface area contributed by atoms with E-state index in [9.17, 15) is 4.79 Å². The van der Waals surface area contributed by atoms with Gasteiger partial charge in [-0.25, -0.2) is 0 Å². The van der Waals surface area contributed by atoms with Crippen LogP contribution in [-0.4, -0.2) is 42.5 Å². The zero-order valence-electron chi connectivity index (χ0n) is 10.9. The van der Waals surface area contributed by atoms with Crippen LogP contribution in [0.4, 0.5) is 0 Å². The average Bonchev–Trinajstić information content (AvgIpc) is 2.99. The molecule has 0 radical (unpaired) electrons. The summed E-state index contributed by atoms with van der Waals surface area (Å²) in [7, 11) is 2.11. The topological polar surface area (TPSA) is 58.4 Å². The maximum Gasteiger partial charge on any atom is 0.221 e.